The molecular weight excluding hydrogens is 410 g/mol. The molecule has 0 saturated carbocycles. The predicted octanol–water partition coefficient (Wildman–Crippen LogP) is 3.51. The van der Waals surface area contributed by atoms with Gasteiger partial charge in [-0.2, -0.15) is 0 Å². The summed E-state index contributed by atoms with van der Waals surface area (Å²) in [5, 5.41) is 4.25. The van der Waals surface area contributed by atoms with Crippen LogP contribution in [0, 0.1) is 0 Å². The topological polar surface area (TPSA) is 61.9 Å². The van der Waals surface area contributed by atoms with Gasteiger partial charge in [0.1, 0.15) is 5.00 Å². The lowest BCUT2D eigenvalue weighted by molar-refractivity contribution is -0.117. The lowest BCUT2D eigenvalue weighted by Gasteiger charge is -2.34. The number of nitrogens with zero attached hydrogens (tertiary/aromatic N) is 2. The van der Waals surface area contributed by atoms with Crippen molar-refractivity contribution in [3.63, 3.8) is 0 Å². The van der Waals surface area contributed by atoms with Gasteiger partial charge in [0.05, 0.1) is 19.2 Å². The molecule has 1 aromatic heterocycles. The molecule has 156 valence electrons. The maximum Gasteiger partial charge on any atom is 0.340 e. The number of halogens is 1. The van der Waals surface area contributed by atoms with E-state index in [9.17, 15) is 9.59 Å². The predicted molar refractivity (Wildman–Crippen MR) is 117 cm³/mol. The van der Waals surface area contributed by atoms with E-state index in [0.29, 0.717) is 17.1 Å². The molecule has 2 aromatic rings. The normalized spacial score (nSPS) is 15.3. The van der Waals surface area contributed by atoms with Crippen molar-refractivity contribution < 1.29 is 14.3 Å². The monoisotopic (exact) mass is 435 g/mol. The molecule has 0 bridgehead atoms. The molecule has 29 heavy (non-hydrogen) atoms. The molecule has 1 aromatic carbocycles. The highest BCUT2D eigenvalue weighted by atomic mass is 35.5. The van der Waals surface area contributed by atoms with Gasteiger partial charge >= 0.3 is 5.97 Å². The van der Waals surface area contributed by atoms with Crippen molar-refractivity contribution in [2.75, 3.05) is 45.2 Å². The largest absolute Gasteiger partial charge is 0.465 e. The smallest absolute Gasteiger partial charge is 0.340 e. The van der Waals surface area contributed by atoms with Crippen molar-refractivity contribution in [2.45, 2.75) is 19.9 Å². The summed E-state index contributed by atoms with van der Waals surface area (Å²) in [5.41, 5.74) is 1.55. The fourth-order valence-electron chi connectivity index (χ4n) is 3.31. The Morgan fingerprint density at radius 3 is 2.52 bits per heavy atom. The SMILES string of the molecule is CCc1cc(C(=O)OC)c(NC(=O)CN2CCN(Cc3ccccc3Cl)CC2)s1. The molecule has 0 radical (unpaired) electrons. The molecule has 0 aliphatic carbocycles. The molecule has 1 aliphatic heterocycles. The number of carbonyl (C=O) groups is 2. The Morgan fingerprint density at radius 1 is 1.17 bits per heavy atom. The highest BCUT2D eigenvalue weighted by molar-refractivity contribution is 7.16. The molecule has 2 heterocycles. The fourth-order valence-corrected chi connectivity index (χ4v) is 4.51. The van der Waals surface area contributed by atoms with Crippen LogP contribution in [0.3, 0.4) is 0 Å². The van der Waals surface area contributed by atoms with Gasteiger partial charge in [-0.25, -0.2) is 4.79 Å². The maximum atomic E-state index is 12.5. The highest BCUT2D eigenvalue weighted by Gasteiger charge is 2.22. The van der Waals surface area contributed by atoms with Gasteiger partial charge in [-0.3, -0.25) is 14.6 Å². The summed E-state index contributed by atoms with van der Waals surface area (Å²) in [6.07, 6.45) is 0.803. The van der Waals surface area contributed by atoms with Gasteiger partial charge in [-0.05, 0) is 24.1 Å². The van der Waals surface area contributed by atoms with Crippen molar-refractivity contribution in [3.8, 4) is 0 Å². The third-order valence-electron chi connectivity index (χ3n) is 4.97. The van der Waals surface area contributed by atoms with Crippen molar-refractivity contribution in [1.29, 1.82) is 0 Å². The summed E-state index contributed by atoms with van der Waals surface area (Å²) in [6.45, 7) is 6.52. The standard InChI is InChI=1S/C21H26ClN3O3S/c1-3-16-12-17(21(27)28-2)20(29-16)23-19(26)14-25-10-8-24(9-11-25)13-15-6-4-5-7-18(15)22/h4-7,12H,3,8-11,13-14H2,1-2H3,(H,23,26). The number of aryl methyl sites for hydroxylation is 1. The first kappa shape index (κ1) is 21.8. The number of nitrogens with one attached hydrogen (secondary N) is 1. The van der Waals surface area contributed by atoms with Crippen LogP contribution in [-0.4, -0.2) is 61.5 Å². The van der Waals surface area contributed by atoms with Crippen LogP contribution in [0.4, 0.5) is 5.00 Å². The molecule has 0 atom stereocenters. The van der Waals surface area contributed by atoms with E-state index in [1.54, 1.807) is 6.07 Å². The van der Waals surface area contributed by atoms with Crippen molar-refractivity contribution in [1.82, 2.24) is 9.80 Å². The zero-order chi connectivity index (χ0) is 20.8. The zero-order valence-electron chi connectivity index (χ0n) is 16.7. The van der Waals surface area contributed by atoms with Gasteiger partial charge in [0.15, 0.2) is 0 Å². The van der Waals surface area contributed by atoms with Gasteiger partial charge < -0.3 is 10.1 Å². The molecule has 1 N–H and O–H groups in total. The average Bonchev–Trinajstić information content (AvgIpc) is 3.13. The average molecular weight is 436 g/mol. The van der Waals surface area contributed by atoms with Crippen LogP contribution in [0.2, 0.25) is 5.02 Å². The first-order valence-electron chi connectivity index (χ1n) is 9.69. The van der Waals surface area contributed by atoms with Gasteiger partial charge in [0.25, 0.3) is 0 Å². The molecule has 6 nitrogen and oxygen atoms in total. The molecule has 0 spiro atoms. The number of ether oxygens (including phenoxy) is 1. The quantitative estimate of drug-likeness (QED) is 0.674. The number of esters is 1. The Hall–Kier alpha value is -1.93. The summed E-state index contributed by atoms with van der Waals surface area (Å²) in [4.78, 5) is 30.0. The Morgan fingerprint density at radius 2 is 1.86 bits per heavy atom. The Balaban J connectivity index is 1.51. The molecule has 1 saturated heterocycles. The van der Waals surface area contributed by atoms with E-state index >= 15 is 0 Å². The number of piperazine rings is 1. The van der Waals surface area contributed by atoms with Gasteiger partial charge in [-0.1, -0.05) is 36.7 Å². The van der Waals surface area contributed by atoms with E-state index < -0.39 is 5.97 Å². The Kier molecular flexibility index (Phi) is 7.66. The fraction of sp³-hybridized carbons (Fsp3) is 0.429. The number of anilines is 1. The summed E-state index contributed by atoms with van der Waals surface area (Å²) < 4.78 is 4.83. The van der Waals surface area contributed by atoms with Crippen LogP contribution in [-0.2, 0) is 22.5 Å². The first-order valence-corrected chi connectivity index (χ1v) is 10.9. The number of methoxy groups -OCH3 is 1. The number of amides is 1. The van der Waals surface area contributed by atoms with Crippen molar-refractivity contribution in [2.24, 2.45) is 0 Å². The van der Waals surface area contributed by atoms with E-state index in [0.717, 1.165) is 54.6 Å². The van der Waals surface area contributed by atoms with Crippen molar-refractivity contribution >= 4 is 39.8 Å². The summed E-state index contributed by atoms with van der Waals surface area (Å²) in [5.74, 6) is -0.538. The second-order valence-electron chi connectivity index (χ2n) is 6.99. The van der Waals surface area contributed by atoms with Crippen LogP contribution >= 0.6 is 22.9 Å². The van der Waals surface area contributed by atoms with Crippen LogP contribution in [0.15, 0.2) is 30.3 Å². The Labute approximate surface area is 180 Å². The van der Waals surface area contributed by atoms with Gasteiger partial charge in [0, 0.05) is 42.6 Å². The third-order valence-corrected chi connectivity index (χ3v) is 6.54. The number of rotatable bonds is 7. The van der Waals surface area contributed by atoms with Crippen LogP contribution in [0.25, 0.3) is 0 Å². The first-order chi connectivity index (χ1) is 14.0. The lowest BCUT2D eigenvalue weighted by Crippen LogP contribution is -2.48. The second-order valence-corrected chi connectivity index (χ2v) is 8.54. The van der Waals surface area contributed by atoms with E-state index in [2.05, 4.69) is 15.1 Å². The van der Waals surface area contributed by atoms with E-state index in [-0.39, 0.29) is 5.91 Å². The molecular formula is C21H26ClN3O3S. The molecule has 1 amide bonds. The molecule has 3 rings (SSSR count). The highest BCUT2D eigenvalue weighted by Crippen LogP contribution is 2.29. The molecule has 1 aliphatic rings. The number of benzene rings is 1. The number of thiophene rings is 1. The lowest BCUT2D eigenvalue weighted by atomic mass is 10.2. The van der Waals surface area contributed by atoms with Gasteiger partial charge in [-0.15, -0.1) is 11.3 Å². The second kappa shape index (κ2) is 10.2. The van der Waals surface area contributed by atoms with E-state index in [4.69, 9.17) is 16.3 Å². The van der Waals surface area contributed by atoms with Crippen LogP contribution < -0.4 is 5.32 Å². The number of hydrogen-bond donors (Lipinski definition) is 1. The molecule has 0 unspecified atom stereocenters. The molecule has 1 fully saturated rings. The molecule has 8 heteroatoms. The Bertz CT molecular complexity index is 863. The van der Waals surface area contributed by atoms with Gasteiger partial charge in [0.2, 0.25) is 5.91 Å². The number of hydrogen-bond acceptors (Lipinski definition) is 6. The zero-order valence-corrected chi connectivity index (χ0v) is 18.3. The van der Waals surface area contributed by atoms with Crippen LogP contribution in [0.5, 0.6) is 0 Å². The maximum absolute atomic E-state index is 12.5. The summed E-state index contributed by atoms with van der Waals surface area (Å²) >= 11 is 7.68. The minimum absolute atomic E-state index is 0.112. The minimum Gasteiger partial charge on any atom is -0.465 e. The summed E-state index contributed by atoms with van der Waals surface area (Å²) in [7, 11) is 1.35. The van der Waals surface area contributed by atoms with Crippen LogP contribution in [0.1, 0.15) is 27.7 Å². The number of carbonyl (C=O) groups excluding carboxylic acids is 2. The third kappa shape index (κ3) is 5.79. The van der Waals surface area contributed by atoms with E-state index in [1.165, 1.54) is 18.4 Å². The van der Waals surface area contributed by atoms with E-state index in [1.807, 2.05) is 31.2 Å². The van der Waals surface area contributed by atoms with Crippen molar-refractivity contribution in [3.05, 3.63) is 51.4 Å². The summed E-state index contributed by atoms with van der Waals surface area (Å²) in [6, 6.07) is 9.69. The minimum atomic E-state index is -0.426.